The largest absolute Gasteiger partial charge is 0.370 e. The second-order valence-corrected chi connectivity index (χ2v) is 9.60. The highest BCUT2D eigenvalue weighted by atomic mass is 35.5. The maximum Gasteiger partial charge on any atom is 0.246 e. The normalized spacial score (nSPS) is 24.1. The summed E-state index contributed by atoms with van der Waals surface area (Å²) in [7, 11) is 1.86. The minimum absolute atomic E-state index is 0. The Labute approximate surface area is 214 Å². The van der Waals surface area contributed by atoms with E-state index in [0.29, 0.717) is 19.0 Å². The van der Waals surface area contributed by atoms with E-state index in [4.69, 9.17) is 11.1 Å². The van der Waals surface area contributed by atoms with Gasteiger partial charge in [0.15, 0.2) is 5.96 Å². The maximum absolute atomic E-state index is 13.4. The van der Waals surface area contributed by atoms with Crippen molar-refractivity contribution in [2.45, 2.75) is 69.5 Å². The molecule has 1 heterocycles. The van der Waals surface area contributed by atoms with Gasteiger partial charge in [-0.3, -0.25) is 15.0 Å². The van der Waals surface area contributed by atoms with Crippen molar-refractivity contribution in [1.29, 1.82) is 5.41 Å². The van der Waals surface area contributed by atoms with Gasteiger partial charge in [-0.1, -0.05) is 44.2 Å². The maximum atomic E-state index is 13.4. The predicted molar refractivity (Wildman–Crippen MR) is 140 cm³/mol. The van der Waals surface area contributed by atoms with E-state index in [-0.39, 0.29) is 54.5 Å². The number of hydrogen-bond donors (Lipinski definition) is 5. The number of piperidine rings is 1. The second-order valence-electron chi connectivity index (χ2n) is 9.60. The highest BCUT2D eigenvalue weighted by Crippen LogP contribution is 2.56. The van der Waals surface area contributed by atoms with E-state index in [0.717, 1.165) is 30.5 Å². The van der Waals surface area contributed by atoms with Gasteiger partial charge in [-0.05, 0) is 55.8 Å². The molecule has 0 radical (unpaired) electrons. The van der Waals surface area contributed by atoms with E-state index in [2.05, 4.69) is 16.0 Å². The Hall–Kier alpha value is -2.03. The number of benzene rings is 1. The SMILES string of the molecule is CN[C@H](CC1CCCCC1)C(=O)N1CC[C@@H]2C[C@@]21C(=O)NCc1ccc(NC(=N)N)cc1.Cl.Cl. The van der Waals surface area contributed by atoms with Crippen molar-refractivity contribution in [2.75, 3.05) is 18.9 Å². The van der Waals surface area contributed by atoms with Gasteiger partial charge in [-0.2, -0.15) is 0 Å². The molecular weight excluding hydrogens is 475 g/mol. The summed E-state index contributed by atoms with van der Waals surface area (Å²) in [5.41, 5.74) is 6.39. The Morgan fingerprint density at radius 1 is 1.15 bits per heavy atom. The van der Waals surface area contributed by atoms with E-state index in [9.17, 15) is 9.59 Å². The standard InChI is InChI=1S/C24H36N6O2.2ClH/c1-27-20(13-16-5-3-2-4-6-16)21(31)30-12-11-18-14-24(18,30)22(32)28-15-17-7-9-19(10-8-17)29-23(25)26;;/h7-10,16,18,20,27H,2-6,11-15H2,1H3,(H,28,32)(H4,25,26,29);2*1H/t18-,20-,24+;;/m1../s1. The zero-order valence-electron chi connectivity index (χ0n) is 19.8. The third kappa shape index (κ3) is 5.96. The van der Waals surface area contributed by atoms with Gasteiger partial charge in [0, 0.05) is 18.8 Å². The zero-order chi connectivity index (χ0) is 22.7. The lowest BCUT2D eigenvalue weighted by atomic mass is 9.84. The molecule has 2 amide bonds. The summed E-state index contributed by atoms with van der Waals surface area (Å²) in [6.07, 6.45) is 8.80. The molecule has 2 saturated carbocycles. The average molecular weight is 514 g/mol. The summed E-state index contributed by atoms with van der Waals surface area (Å²) >= 11 is 0. The van der Waals surface area contributed by atoms with Crippen LogP contribution >= 0.6 is 24.8 Å². The average Bonchev–Trinajstić information content (AvgIpc) is 3.41. The van der Waals surface area contributed by atoms with Crippen molar-refractivity contribution in [3.8, 4) is 0 Å². The van der Waals surface area contributed by atoms with Crippen LogP contribution in [0.15, 0.2) is 24.3 Å². The van der Waals surface area contributed by atoms with Gasteiger partial charge < -0.3 is 26.6 Å². The van der Waals surface area contributed by atoms with E-state index in [1.165, 1.54) is 32.1 Å². The first-order valence-electron chi connectivity index (χ1n) is 11.9. The van der Waals surface area contributed by atoms with Gasteiger partial charge in [0.1, 0.15) is 5.54 Å². The number of fused-ring (bicyclic) bond motifs is 1. The van der Waals surface area contributed by atoms with Crippen LogP contribution in [-0.4, -0.2) is 47.8 Å². The molecule has 34 heavy (non-hydrogen) atoms. The molecule has 3 atom stereocenters. The number of likely N-dealkylation sites (N-methyl/N-ethyl adjacent to an activating group) is 1. The second kappa shape index (κ2) is 12.1. The summed E-state index contributed by atoms with van der Waals surface area (Å²) in [5, 5.41) is 16.3. The van der Waals surface area contributed by atoms with E-state index >= 15 is 0 Å². The van der Waals surface area contributed by atoms with Gasteiger partial charge >= 0.3 is 0 Å². The number of carbonyl (C=O) groups is 2. The molecule has 190 valence electrons. The van der Waals surface area contributed by atoms with Gasteiger partial charge in [-0.25, -0.2) is 0 Å². The van der Waals surface area contributed by atoms with Crippen LogP contribution in [0.1, 0.15) is 56.9 Å². The lowest BCUT2D eigenvalue weighted by Crippen LogP contribution is -2.55. The molecule has 8 nitrogen and oxygen atoms in total. The summed E-state index contributed by atoms with van der Waals surface area (Å²) in [4.78, 5) is 28.5. The molecule has 1 aliphatic heterocycles. The molecular formula is C24H38Cl2N6O2. The first-order valence-corrected chi connectivity index (χ1v) is 11.9. The summed E-state index contributed by atoms with van der Waals surface area (Å²) in [6.45, 7) is 1.08. The van der Waals surface area contributed by atoms with Crippen molar-refractivity contribution in [3.05, 3.63) is 29.8 Å². The van der Waals surface area contributed by atoms with Crippen molar-refractivity contribution < 1.29 is 9.59 Å². The van der Waals surface area contributed by atoms with Crippen molar-refractivity contribution in [2.24, 2.45) is 17.6 Å². The fourth-order valence-electron chi connectivity index (χ4n) is 5.66. The topological polar surface area (TPSA) is 123 Å². The van der Waals surface area contributed by atoms with Crippen molar-refractivity contribution >= 4 is 48.3 Å². The minimum Gasteiger partial charge on any atom is -0.370 e. The Morgan fingerprint density at radius 3 is 2.41 bits per heavy atom. The van der Waals surface area contributed by atoms with Crippen LogP contribution < -0.4 is 21.7 Å². The number of likely N-dealkylation sites (tertiary alicyclic amines) is 1. The fourth-order valence-corrected chi connectivity index (χ4v) is 5.66. The van der Waals surface area contributed by atoms with E-state index < -0.39 is 5.54 Å². The number of hydrogen-bond acceptors (Lipinski definition) is 4. The lowest BCUT2D eigenvalue weighted by Gasteiger charge is -2.33. The molecule has 1 aromatic carbocycles. The molecule has 1 aromatic rings. The van der Waals surface area contributed by atoms with Crippen LogP contribution in [-0.2, 0) is 16.1 Å². The Kier molecular flexibility index (Phi) is 10.0. The van der Waals surface area contributed by atoms with Crippen LogP contribution in [0.2, 0.25) is 0 Å². The van der Waals surface area contributed by atoms with Crippen LogP contribution in [0.25, 0.3) is 0 Å². The zero-order valence-corrected chi connectivity index (χ0v) is 21.4. The van der Waals surface area contributed by atoms with E-state index in [1.54, 1.807) is 0 Å². The molecule has 0 aromatic heterocycles. The highest BCUT2D eigenvalue weighted by molar-refractivity contribution is 5.97. The van der Waals surface area contributed by atoms with Gasteiger partial charge in [0.25, 0.3) is 0 Å². The quantitative estimate of drug-likeness (QED) is 0.270. The minimum atomic E-state index is -0.658. The summed E-state index contributed by atoms with van der Waals surface area (Å²) in [5.74, 6) is 0.827. The number of rotatable bonds is 8. The number of nitrogens with one attached hydrogen (secondary N) is 4. The number of halogens is 2. The third-order valence-corrected chi connectivity index (χ3v) is 7.54. The van der Waals surface area contributed by atoms with Crippen LogP contribution in [0.4, 0.5) is 5.69 Å². The Morgan fingerprint density at radius 2 is 1.82 bits per heavy atom. The molecule has 4 rings (SSSR count). The molecule has 10 heteroatoms. The highest BCUT2D eigenvalue weighted by Gasteiger charge is 2.68. The predicted octanol–water partition coefficient (Wildman–Crippen LogP) is 3.00. The first kappa shape index (κ1) is 28.2. The molecule has 2 aliphatic carbocycles. The number of anilines is 1. The third-order valence-electron chi connectivity index (χ3n) is 7.54. The van der Waals surface area contributed by atoms with Crippen LogP contribution in [0.3, 0.4) is 0 Å². The molecule has 1 saturated heterocycles. The number of guanidine groups is 1. The number of carbonyl (C=O) groups excluding carboxylic acids is 2. The Bertz CT molecular complexity index is 862. The molecule has 3 aliphatic rings. The Balaban J connectivity index is 0.00000204. The molecule has 0 bridgehead atoms. The van der Waals surface area contributed by atoms with Crippen LogP contribution in [0.5, 0.6) is 0 Å². The molecule has 3 fully saturated rings. The summed E-state index contributed by atoms with van der Waals surface area (Å²) in [6, 6.07) is 7.24. The monoisotopic (exact) mass is 512 g/mol. The van der Waals surface area contributed by atoms with Gasteiger partial charge in [-0.15, -0.1) is 24.8 Å². The summed E-state index contributed by atoms with van der Waals surface area (Å²) < 4.78 is 0. The molecule has 0 unspecified atom stereocenters. The lowest BCUT2D eigenvalue weighted by molar-refractivity contribution is -0.142. The number of nitrogens with two attached hydrogens (primary N) is 1. The smallest absolute Gasteiger partial charge is 0.246 e. The van der Waals surface area contributed by atoms with Crippen molar-refractivity contribution in [1.82, 2.24) is 15.5 Å². The fraction of sp³-hybridized carbons (Fsp3) is 0.625. The van der Waals surface area contributed by atoms with Crippen LogP contribution in [0, 0.1) is 17.2 Å². The van der Waals surface area contributed by atoms with Crippen molar-refractivity contribution in [3.63, 3.8) is 0 Å². The number of amides is 2. The molecule has 6 N–H and O–H groups in total. The van der Waals surface area contributed by atoms with Gasteiger partial charge in [0.05, 0.1) is 6.04 Å². The first-order chi connectivity index (χ1) is 15.4. The van der Waals surface area contributed by atoms with E-state index in [1.807, 2.05) is 36.2 Å². The van der Waals surface area contributed by atoms with Gasteiger partial charge in [0.2, 0.25) is 11.8 Å². The molecule has 0 spiro atoms. The number of nitrogens with zero attached hydrogens (tertiary/aromatic N) is 1.